The molecule has 2 rings (SSSR count). The summed E-state index contributed by atoms with van der Waals surface area (Å²) in [4.78, 5) is 27.2. The van der Waals surface area contributed by atoms with Crippen LogP contribution in [0, 0.1) is 0 Å². The minimum absolute atomic E-state index is 0.0314. The Kier molecular flexibility index (Phi) is 6.08. The van der Waals surface area contributed by atoms with Crippen molar-refractivity contribution >= 4 is 11.9 Å². The molecule has 1 heterocycles. The van der Waals surface area contributed by atoms with Crippen molar-refractivity contribution in [1.29, 1.82) is 0 Å². The Morgan fingerprint density at radius 3 is 2.72 bits per heavy atom. The maximum absolute atomic E-state index is 11.6. The standard InChI is InChI=1S/C18H20N2O5/c1-11(21)10-25-14-5-3-4-12(7-14)6-13-9-20-16(17(22)19-2)8-15(13)18(23)24/h3-5,7-9,11,21H,6,10H2,1-2H3,(H,19,22)(H,23,24). The number of amides is 1. The molecule has 0 fully saturated rings. The van der Waals surface area contributed by atoms with E-state index in [9.17, 15) is 19.8 Å². The molecule has 2 aromatic rings. The van der Waals surface area contributed by atoms with Crippen LogP contribution in [0.3, 0.4) is 0 Å². The van der Waals surface area contributed by atoms with Gasteiger partial charge in [-0.2, -0.15) is 0 Å². The number of hydrogen-bond acceptors (Lipinski definition) is 5. The number of benzene rings is 1. The monoisotopic (exact) mass is 344 g/mol. The van der Waals surface area contributed by atoms with Crippen LogP contribution in [0.2, 0.25) is 0 Å². The number of hydrogen-bond donors (Lipinski definition) is 3. The molecule has 0 bridgehead atoms. The Morgan fingerprint density at radius 2 is 2.08 bits per heavy atom. The number of carboxylic acids is 1. The predicted molar refractivity (Wildman–Crippen MR) is 91.0 cm³/mol. The van der Waals surface area contributed by atoms with Crippen LogP contribution in [0.1, 0.15) is 38.9 Å². The Labute approximate surface area is 145 Å². The van der Waals surface area contributed by atoms with E-state index in [1.165, 1.54) is 19.3 Å². The summed E-state index contributed by atoms with van der Waals surface area (Å²) < 4.78 is 5.45. The largest absolute Gasteiger partial charge is 0.491 e. The van der Waals surface area contributed by atoms with Gasteiger partial charge in [0.1, 0.15) is 18.1 Å². The van der Waals surface area contributed by atoms with Crippen molar-refractivity contribution in [3.63, 3.8) is 0 Å². The lowest BCUT2D eigenvalue weighted by atomic mass is 10.0. The summed E-state index contributed by atoms with van der Waals surface area (Å²) in [6.45, 7) is 1.80. The lowest BCUT2D eigenvalue weighted by molar-refractivity contribution is 0.0695. The topological polar surface area (TPSA) is 109 Å². The van der Waals surface area contributed by atoms with Crippen LogP contribution in [0.15, 0.2) is 36.5 Å². The Balaban J connectivity index is 2.26. The minimum atomic E-state index is -1.12. The molecule has 7 heteroatoms. The summed E-state index contributed by atoms with van der Waals surface area (Å²) in [5, 5.41) is 21.1. The zero-order chi connectivity index (χ0) is 18.4. The number of carboxylic acid groups (broad SMARTS) is 1. The van der Waals surface area contributed by atoms with Gasteiger partial charge >= 0.3 is 5.97 Å². The first-order valence-electron chi connectivity index (χ1n) is 7.74. The van der Waals surface area contributed by atoms with Gasteiger partial charge in [0.25, 0.3) is 5.91 Å². The fourth-order valence-corrected chi connectivity index (χ4v) is 2.26. The molecule has 3 N–H and O–H groups in total. The highest BCUT2D eigenvalue weighted by Crippen LogP contribution is 2.19. The van der Waals surface area contributed by atoms with Gasteiger partial charge in [0.2, 0.25) is 0 Å². The van der Waals surface area contributed by atoms with E-state index in [2.05, 4.69) is 10.3 Å². The van der Waals surface area contributed by atoms with Crippen molar-refractivity contribution in [2.24, 2.45) is 0 Å². The van der Waals surface area contributed by atoms with Crippen molar-refractivity contribution < 1.29 is 24.5 Å². The highest BCUT2D eigenvalue weighted by atomic mass is 16.5. The summed E-state index contributed by atoms with van der Waals surface area (Å²) in [5.74, 6) is -0.975. The smallest absolute Gasteiger partial charge is 0.336 e. The van der Waals surface area contributed by atoms with Gasteiger partial charge in [-0.15, -0.1) is 0 Å². The lowest BCUT2D eigenvalue weighted by Crippen LogP contribution is -2.20. The molecule has 1 amide bonds. The van der Waals surface area contributed by atoms with E-state index in [1.807, 2.05) is 6.07 Å². The zero-order valence-electron chi connectivity index (χ0n) is 14.0. The maximum atomic E-state index is 11.6. The van der Waals surface area contributed by atoms with Gasteiger partial charge in [-0.05, 0) is 42.7 Å². The number of nitrogens with one attached hydrogen (secondary N) is 1. The quantitative estimate of drug-likeness (QED) is 0.702. The molecule has 0 spiro atoms. The van der Waals surface area contributed by atoms with Crippen molar-refractivity contribution in [2.75, 3.05) is 13.7 Å². The minimum Gasteiger partial charge on any atom is -0.491 e. The first-order valence-corrected chi connectivity index (χ1v) is 7.74. The number of carbonyl (C=O) groups excluding carboxylic acids is 1. The predicted octanol–water partition coefficient (Wildman–Crippen LogP) is 1.49. The van der Waals surface area contributed by atoms with Crippen LogP contribution in [0.25, 0.3) is 0 Å². The van der Waals surface area contributed by atoms with Crippen molar-refractivity contribution in [3.8, 4) is 5.75 Å². The third kappa shape index (κ3) is 5.02. The second-order valence-electron chi connectivity index (χ2n) is 5.60. The van der Waals surface area contributed by atoms with Crippen LogP contribution in [-0.2, 0) is 6.42 Å². The average molecular weight is 344 g/mol. The van der Waals surface area contributed by atoms with Gasteiger partial charge < -0.3 is 20.3 Å². The molecular weight excluding hydrogens is 324 g/mol. The molecule has 1 atom stereocenters. The molecule has 1 unspecified atom stereocenters. The molecule has 0 aliphatic heterocycles. The molecule has 132 valence electrons. The second kappa shape index (κ2) is 8.25. The number of aromatic carboxylic acids is 1. The summed E-state index contributed by atoms with van der Waals surface area (Å²) in [6.07, 6.45) is 1.15. The first-order chi connectivity index (χ1) is 11.9. The van der Waals surface area contributed by atoms with Gasteiger partial charge in [0.15, 0.2) is 0 Å². The third-order valence-corrected chi connectivity index (χ3v) is 3.46. The van der Waals surface area contributed by atoms with Crippen LogP contribution < -0.4 is 10.1 Å². The number of nitrogens with zero attached hydrogens (tertiary/aromatic N) is 1. The molecule has 1 aromatic carbocycles. The Bertz CT molecular complexity index is 774. The number of pyridine rings is 1. The number of aromatic nitrogens is 1. The molecule has 0 saturated heterocycles. The number of carbonyl (C=O) groups is 2. The van der Waals surface area contributed by atoms with Crippen molar-refractivity contribution in [2.45, 2.75) is 19.4 Å². The zero-order valence-corrected chi connectivity index (χ0v) is 14.0. The number of ether oxygens (including phenoxy) is 1. The highest BCUT2D eigenvalue weighted by Gasteiger charge is 2.15. The normalized spacial score (nSPS) is 11.6. The van der Waals surface area contributed by atoms with E-state index in [-0.39, 0.29) is 17.9 Å². The van der Waals surface area contributed by atoms with Gasteiger partial charge in [-0.3, -0.25) is 9.78 Å². The van der Waals surface area contributed by atoms with Crippen LogP contribution >= 0.6 is 0 Å². The summed E-state index contributed by atoms with van der Waals surface area (Å²) in [7, 11) is 1.46. The van der Waals surface area contributed by atoms with E-state index in [0.717, 1.165) is 5.56 Å². The van der Waals surface area contributed by atoms with Crippen LogP contribution in [0.5, 0.6) is 5.75 Å². The summed E-state index contributed by atoms with van der Waals surface area (Å²) in [6, 6.07) is 8.44. The molecule has 1 aromatic heterocycles. The average Bonchev–Trinajstić information content (AvgIpc) is 2.59. The van der Waals surface area contributed by atoms with E-state index in [1.54, 1.807) is 25.1 Å². The number of aliphatic hydroxyl groups is 1. The number of rotatable bonds is 7. The molecular formula is C18H20N2O5. The van der Waals surface area contributed by atoms with E-state index >= 15 is 0 Å². The maximum Gasteiger partial charge on any atom is 0.336 e. The van der Waals surface area contributed by atoms with Crippen molar-refractivity contribution in [1.82, 2.24) is 10.3 Å². The number of aliphatic hydroxyl groups excluding tert-OH is 1. The van der Waals surface area contributed by atoms with Gasteiger partial charge in [0.05, 0.1) is 11.7 Å². The molecule has 0 aliphatic rings. The summed E-state index contributed by atoms with van der Waals surface area (Å²) >= 11 is 0. The fourth-order valence-electron chi connectivity index (χ4n) is 2.26. The lowest BCUT2D eigenvalue weighted by Gasteiger charge is -2.11. The van der Waals surface area contributed by atoms with Crippen molar-refractivity contribution in [3.05, 3.63) is 58.9 Å². The molecule has 0 saturated carbocycles. The Morgan fingerprint density at radius 1 is 1.32 bits per heavy atom. The van der Waals surface area contributed by atoms with E-state index in [0.29, 0.717) is 17.7 Å². The van der Waals surface area contributed by atoms with Gasteiger partial charge in [-0.25, -0.2) is 4.79 Å². The molecule has 7 nitrogen and oxygen atoms in total. The third-order valence-electron chi connectivity index (χ3n) is 3.46. The SMILES string of the molecule is CNC(=O)c1cc(C(=O)O)c(Cc2cccc(OCC(C)O)c2)cn1. The molecule has 0 aliphatic carbocycles. The molecule has 25 heavy (non-hydrogen) atoms. The van der Waals surface area contributed by atoms with E-state index in [4.69, 9.17) is 4.74 Å². The first kappa shape index (κ1) is 18.4. The van der Waals surface area contributed by atoms with Gasteiger partial charge in [0, 0.05) is 13.2 Å². The summed E-state index contributed by atoms with van der Waals surface area (Å²) in [5.41, 5.74) is 1.41. The molecule has 0 radical (unpaired) electrons. The Hall–Kier alpha value is -2.93. The van der Waals surface area contributed by atoms with Crippen LogP contribution in [-0.4, -0.2) is 46.8 Å². The van der Waals surface area contributed by atoms with Gasteiger partial charge in [-0.1, -0.05) is 12.1 Å². The fraction of sp³-hybridized carbons (Fsp3) is 0.278. The second-order valence-corrected chi connectivity index (χ2v) is 5.60. The van der Waals surface area contributed by atoms with Crippen LogP contribution in [0.4, 0.5) is 0 Å². The highest BCUT2D eigenvalue weighted by molar-refractivity contribution is 5.96. The van der Waals surface area contributed by atoms with E-state index < -0.39 is 18.0 Å².